The third-order valence-corrected chi connectivity index (χ3v) is 6.85. The molecular weight excluding hydrogens is 552 g/mol. The van der Waals surface area contributed by atoms with Gasteiger partial charge in [-0.25, -0.2) is 4.98 Å². The van der Waals surface area contributed by atoms with Gasteiger partial charge in [-0.3, -0.25) is 14.3 Å². The van der Waals surface area contributed by atoms with Crippen molar-refractivity contribution in [2.45, 2.75) is 32.2 Å². The van der Waals surface area contributed by atoms with Crippen molar-refractivity contribution in [2.75, 3.05) is 5.32 Å². The highest BCUT2D eigenvalue weighted by Crippen LogP contribution is 2.44. The summed E-state index contributed by atoms with van der Waals surface area (Å²) in [5.41, 5.74) is 2.16. The van der Waals surface area contributed by atoms with Crippen LogP contribution in [0.5, 0.6) is 0 Å². The number of alkyl halides is 6. The van der Waals surface area contributed by atoms with Crippen molar-refractivity contribution in [3.05, 3.63) is 51.4 Å². The number of furan rings is 1. The zero-order valence-electron chi connectivity index (χ0n) is 18.6. The van der Waals surface area contributed by atoms with Crippen molar-refractivity contribution >= 4 is 50.7 Å². The number of nitrogens with two attached hydrogens (primary N) is 1. The van der Waals surface area contributed by atoms with Gasteiger partial charge in [0.15, 0.2) is 5.69 Å². The van der Waals surface area contributed by atoms with Crippen LogP contribution in [-0.2, 0) is 17.1 Å². The number of hydrogen-bond donors (Lipinski definition) is 2. The van der Waals surface area contributed by atoms with Crippen molar-refractivity contribution in [1.29, 1.82) is 0 Å². The summed E-state index contributed by atoms with van der Waals surface area (Å²) in [6, 6.07) is 2.07. The van der Waals surface area contributed by atoms with Crippen LogP contribution in [0.25, 0.3) is 21.5 Å². The van der Waals surface area contributed by atoms with E-state index in [0.29, 0.717) is 17.4 Å². The highest BCUT2D eigenvalue weighted by Gasteiger charge is 2.40. The van der Waals surface area contributed by atoms with Crippen molar-refractivity contribution in [2.24, 2.45) is 5.73 Å². The number of pyridine rings is 1. The maximum atomic E-state index is 13.5. The maximum absolute atomic E-state index is 13.5. The van der Waals surface area contributed by atoms with Gasteiger partial charge in [-0.15, -0.1) is 11.3 Å². The lowest BCUT2D eigenvalue weighted by Gasteiger charge is -2.16. The lowest BCUT2D eigenvalue weighted by Crippen LogP contribution is -2.26. The van der Waals surface area contributed by atoms with E-state index < -0.39 is 46.6 Å². The van der Waals surface area contributed by atoms with Crippen LogP contribution in [0, 0.1) is 6.92 Å². The van der Waals surface area contributed by atoms with Gasteiger partial charge in [0.25, 0.3) is 5.91 Å². The molecule has 4 heterocycles. The van der Waals surface area contributed by atoms with Crippen LogP contribution < -0.4 is 11.1 Å². The fraction of sp³-hybridized carbons (Fsp3) is 0.238. The zero-order chi connectivity index (χ0) is 27.4. The first-order chi connectivity index (χ1) is 17.1. The number of hydrogen-bond acceptors (Lipinski definition) is 6. The number of rotatable bonds is 5. The Morgan fingerprint density at radius 2 is 1.89 bits per heavy atom. The molecule has 0 aliphatic carbocycles. The fourth-order valence-electron chi connectivity index (χ4n) is 3.56. The average Bonchev–Trinajstić information content (AvgIpc) is 3.51. The largest absolute Gasteiger partial charge is 0.464 e. The van der Waals surface area contributed by atoms with Crippen molar-refractivity contribution < 1.29 is 40.3 Å². The summed E-state index contributed by atoms with van der Waals surface area (Å²) in [7, 11) is 0. The Labute approximate surface area is 212 Å². The van der Waals surface area contributed by atoms with Crippen LogP contribution in [-0.4, -0.2) is 26.6 Å². The first-order valence-corrected chi connectivity index (χ1v) is 11.3. The summed E-state index contributed by atoms with van der Waals surface area (Å²) in [5.74, 6) is -2.06. The van der Waals surface area contributed by atoms with E-state index >= 15 is 0 Å². The third-order valence-electron chi connectivity index (χ3n) is 5.30. The van der Waals surface area contributed by atoms with Gasteiger partial charge in [-0.1, -0.05) is 11.6 Å². The van der Waals surface area contributed by atoms with Crippen LogP contribution in [0.4, 0.5) is 32.0 Å². The van der Waals surface area contributed by atoms with E-state index in [0.717, 1.165) is 4.68 Å². The summed E-state index contributed by atoms with van der Waals surface area (Å²) in [5, 5.41) is 5.02. The second kappa shape index (κ2) is 9.06. The smallest absolute Gasteiger partial charge is 0.436 e. The Kier molecular flexibility index (Phi) is 6.48. The molecular formula is C21H14ClF6N5O3S. The number of primary amides is 1. The number of aromatic nitrogens is 3. The number of fused-ring (bicyclic) bond motifs is 1. The van der Waals surface area contributed by atoms with Gasteiger partial charge >= 0.3 is 12.4 Å². The molecule has 0 aliphatic rings. The van der Waals surface area contributed by atoms with Gasteiger partial charge in [0, 0.05) is 10.9 Å². The molecule has 0 radical (unpaired) electrons. The van der Waals surface area contributed by atoms with E-state index in [1.807, 2.05) is 0 Å². The lowest BCUT2D eigenvalue weighted by molar-refractivity contribution is -0.142. The first-order valence-electron chi connectivity index (χ1n) is 10.1. The Bertz CT molecular complexity index is 1520. The molecule has 1 unspecified atom stereocenters. The molecule has 37 heavy (non-hydrogen) atoms. The highest BCUT2D eigenvalue weighted by atomic mass is 35.5. The van der Waals surface area contributed by atoms with Gasteiger partial charge in [0.1, 0.15) is 27.2 Å². The second-order valence-corrected chi connectivity index (χ2v) is 9.11. The van der Waals surface area contributed by atoms with Crippen molar-refractivity contribution in [3.63, 3.8) is 0 Å². The number of carbonyl (C=O) groups excluding carboxylic acids is 2. The molecule has 0 fully saturated rings. The number of anilines is 1. The summed E-state index contributed by atoms with van der Waals surface area (Å²) < 4.78 is 86.2. The Morgan fingerprint density at radius 3 is 2.41 bits per heavy atom. The third kappa shape index (κ3) is 4.75. The molecule has 8 nitrogen and oxygen atoms in total. The predicted octanol–water partition coefficient (Wildman–Crippen LogP) is 6.05. The van der Waals surface area contributed by atoms with E-state index in [-0.39, 0.29) is 37.8 Å². The van der Waals surface area contributed by atoms with Crippen LogP contribution >= 0.6 is 22.9 Å². The SMILES string of the molecule is Cc1c(Cl)c(C(F)(F)F)nn1C(C)C(=O)Nc1c(C(N)=O)sc2nc(C(F)(F)F)cc(-c3ccco3)c12. The summed E-state index contributed by atoms with van der Waals surface area (Å²) in [4.78, 5) is 28.2. The molecule has 4 aromatic heterocycles. The number of amides is 2. The molecule has 0 saturated carbocycles. The van der Waals surface area contributed by atoms with Gasteiger partial charge in [0.2, 0.25) is 5.91 Å². The Hall–Kier alpha value is -3.59. The molecule has 0 aromatic carbocycles. The quantitative estimate of drug-likeness (QED) is 0.286. The Morgan fingerprint density at radius 1 is 1.22 bits per heavy atom. The molecule has 16 heteroatoms. The van der Waals surface area contributed by atoms with Gasteiger partial charge in [-0.05, 0) is 32.0 Å². The molecule has 0 bridgehead atoms. The Balaban J connectivity index is 1.86. The van der Waals surface area contributed by atoms with E-state index in [4.69, 9.17) is 21.8 Å². The monoisotopic (exact) mass is 565 g/mol. The molecule has 196 valence electrons. The van der Waals surface area contributed by atoms with Crippen molar-refractivity contribution in [3.8, 4) is 11.3 Å². The van der Waals surface area contributed by atoms with Crippen molar-refractivity contribution in [1.82, 2.24) is 14.8 Å². The highest BCUT2D eigenvalue weighted by molar-refractivity contribution is 7.21. The molecule has 4 rings (SSSR count). The number of carbonyl (C=O) groups is 2. The molecule has 0 spiro atoms. The van der Waals surface area contributed by atoms with E-state index in [1.165, 1.54) is 32.2 Å². The minimum Gasteiger partial charge on any atom is -0.464 e. The van der Waals surface area contributed by atoms with Crippen LogP contribution in [0.1, 0.15) is 39.7 Å². The lowest BCUT2D eigenvalue weighted by atomic mass is 10.1. The van der Waals surface area contributed by atoms with Gasteiger partial charge in [-0.2, -0.15) is 31.4 Å². The first kappa shape index (κ1) is 26.5. The molecule has 2 amide bonds. The average molecular weight is 566 g/mol. The minimum absolute atomic E-state index is 0.0280. The predicted molar refractivity (Wildman–Crippen MR) is 121 cm³/mol. The van der Waals surface area contributed by atoms with E-state index in [2.05, 4.69) is 15.4 Å². The van der Waals surface area contributed by atoms with Crippen LogP contribution in [0.15, 0.2) is 28.9 Å². The topological polar surface area (TPSA) is 116 Å². The molecule has 1 atom stereocenters. The minimum atomic E-state index is -4.88. The number of nitrogens with one attached hydrogen (secondary N) is 1. The van der Waals surface area contributed by atoms with E-state index in [1.54, 1.807) is 0 Å². The number of thiophene rings is 1. The standard InChI is InChI=1S/C21H14ClF6N5O3S/c1-7-13(22)16(21(26,27)28)32-33(7)8(2)18(35)31-14-12-9(10-4-3-5-36-10)6-11(20(23,24)25)30-19(12)37-15(14)17(29)34/h3-6,8H,1-2H3,(H2,29,34)(H,31,35). The summed E-state index contributed by atoms with van der Waals surface area (Å²) in [6.07, 6.45) is -8.53. The molecule has 0 aliphatic heterocycles. The van der Waals surface area contributed by atoms with Crippen LogP contribution in [0.3, 0.4) is 0 Å². The molecule has 4 aromatic rings. The summed E-state index contributed by atoms with van der Waals surface area (Å²) >= 11 is 6.26. The fourth-order valence-corrected chi connectivity index (χ4v) is 4.80. The molecule has 3 N–H and O–H groups in total. The zero-order valence-corrected chi connectivity index (χ0v) is 20.2. The normalized spacial score (nSPS) is 13.2. The maximum Gasteiger partial charge on any atom is 0.436 e. The summed E-state index contributed by atoms with van der Waals surface area (Å²) in [6.45, 7) is 2.44. The van der Waals surface area contributed by atoms with E-state index in [9.17, 15) is 35.9 Å². The second-order valence-electron chi connectivity index (χ2n) is 7.74. The number of halogens is 7. The van der Waals surface area contributed by atoms with Gasteiger partial charge in [0.05, 0.1) is 22.7 Å². The van der Waals surface area contributed by atoms with Crippen LogP contribution in [0.2, 0.25) is 5.02 Å². The molecule has 0 saturated heterocycles. The number of nitrogens with zero attached hydrogens (tertiary/aromatic N) is 3. The van der Waals surface area contributed by atoms with Gasteiger partial charge < -0.3 is 15.5 Å².